The van der Waals surface area contributed by atoms with E-state index in [2.05, 4.69) is 5.32 Å². The van der Waals surface area contributed by atoms with Crippen molar-refractivity contribution in [2.75, 3.05) is 27.2 Å². The number of nitrogens with zero attached hydrogens (tertiary/aromatic N) is 1. The number of rotatable bonds is 6. The topological polar surface area (TPSA) is 58.6 Å². The highest BCUT2D eigenvalue weighted by Gasteiger charge is 2.27. The van der Waals surface area contributed by atoms with Gasteiger partial charge in [0.1, 0.15) is 0 Å². The maximum absolute atomic E-state index is 12.7. The van der Waals surface area contributed by atoms with E-state index < -0.39 is 10.0 Å². The molecule has 21 heavy (non-hydrogen) atoms. The van der Waals surface area contributed by atoms with Crippen molar-refractivity contribution in [3.05, 3.63) is 29.3 Å². The lowest BCUT2D eigenvalue weighted by molar-refractivity contribution is 0.0979. The van der Waals surface area contributed by atoms with E-state index in [1.807, 2.05) is 20.0 Å². The Hall–Kier alpha value is -0.950. The van der Waals surface area contributed by atoms with E-state index in [1.54, 1.807) is 19.2 Å². The third-order valence-corrected chi connectivity index (χ3v) is 5.90. The van der Waals surface area contributed by atoms with E-state index >= 15 is 0 Å². The van der Waals surface area contributed by atoms with E-state index in [0.717, 1.165) is 30.6 Å². The molecule has 118 valence electrons. The van der Waals surface area contributed by atoms with Crippen LogP contribution in [0.2, 0.25) is 0 Å². The largest absolute Gasteiger partial charge is 0.377 e. The SMILES string of the molecule is CNCc1cccc(S(=O)(=O)N(C)CC2CCCO2)c1C. The Morgan fingerprint density at radius 2 is 2.19 bits per heavy atom. The third kappa shape index (κ3) is 3.63. The smallest absolute Gasteiger partial charge is 0.243 e. The number of hydrogen-bond acceptors (Lipinski definition) is 4. The lowest BCUT2D eigenvalue weighted by atomic mass is 10.1. The zero-order chi connectivity index (χ0) is 15.5. The van der Waals surface area contributed by atoms with Crippen LogP contribution in [0.3, 0.4) is 0 Å². The monoisotopic (exact) mass is 312 g/mol. The summed E-state index contributed by atoms with van der Waals surface area (Å²) in [6.07, 6.45) is 1.96. The Bertz CT molecular complexity index is 581. The average molecular weight is 312 g/mol. The highest BCUT2D eigenvalue weighted by molar-refractivity contribution is 7.89. The maximum Gasteiger partial charge on any atom is 0.243 e. The van der Waals surface area contributed by atoms with Gasteiger partial charge in [0.05, 0.1) is 11.0 Å². The number of sulfonamides is 1. The first kappa shape index (κ1) is 16.4. The second-order valence-corrected chi connectivity index (χ2v) is 7.50. The summed E-state index contributed by atoms with van der Waals surface area (Å²) in [5.74, 6) is 0. The molecule has 0 aliphatic carbocycles. The zero-order valence-electron chi connectivity index (χ0n) is 12.9. The van der Waals surface area contributed by atoms with Crippen LogP contribution < -0.4 is 5.32 Å². The van der Waals surface area contributed by atoms with E-state index in [9.17, 15) is 8.42 Å². The summed E-state index contributed by atoms with van der Waals surface area (Å²) in [7, 11) is 0.00516. The number of benzene rings is 1. The van der Waals surface area contributed by atoms with E-state index in [0.29, 0.717) is 18.0 Å². The molecule has 1 aromatic carbocycles. The minimum absolute atomic E-state index is 0.0190. The summed E-state index contributed by atoms with van der Waals surface area (Å²) >= 11 is 0. The summed E-state index contributed by atoms with van der Waals surface area (Å²) in [6.45, 7) is 3.66. The second-order valence-electron chi connectivity index (χ2n) is 5.49. The van der Waals surface area contributed by atoms with Crippen LogP contribution in [0, 0.1) is 6.92 Å². The number of nitrogens with one attached hydrogen (secondary N) is 1. The standard InChI is InChI=1S/C15H24N2O3S/c1-12-13(10-16-2)6-4-8-15(12)21(18,19)17(3)11-14-7-5-9-20-14/h4,6,8,14,16H,5,7,9-11H2,1-3H3. The van der Waals surface area contributed by atoms with Gasteiger partial charge in [-0.15, -0.1) is 0 Å². The van der Waals surface area contributed by atoms with Gasteiger partial charge in [-0.1, -0.05) is 12.1 Å². The summed E-state index contributed by atoms with van der Waals surface area (Å²) in [4.78, 5) is 0.385. The quantitative estimate of drug-likeness (QED) is 0.865. The van der Waals surface area contributed by atoms with Gasteiger partial charge in [0.15, 0.2) is 0 Å². The molecule has 1 aromatic rings. The van der Waals surface area contributed by atoms with Crippen LogP contribution in [-0.4, -0.2) is 46.1 Å². The molecule has 0 amide bonds. The molecule has 1 fully saturated rings. The Labute approximate surface area is 127 Å². The van der Waals surface area contributed by atoms with Crippen molar-refractivity contribution in [1.29, 1.82) is 0 Å². The molecule has 0 spiro atoms. The fraction of sp³-hybridized carbons (Fsp3) is 0.600. The molecule has 1 unspecified atom stereocenters. The van der Waals surface area contributed by atoms with Crippen LogP contribution in [0.15, 0.2) is 23.1 Å². The zero-order valence-corrected chi connectivity index (χ0v) is 13.7. The van der Waals surface area contributed by atoms with Crippen molar-refractivity contribution in [1.82, 2.24) is 9.62 Å². The molecule has 0 saturated carbocycles. The molecule has 1 saturated heterocycles. The molecular weight excluding hydrogens is 288 g/mol. The van der Waals surface area contributed by atoms with E-state index in [1.165, 1.54) is 4.31 Å². The minimum Gasteiger partial charge on any atom is -0.377 e. The highest BCUT2D eigenvalue weighted by Crippen LogP contribution is 2.23. The molecule has 2 rings (SSSR count). The maximum atomic E-state index is 12.7. The van der Waals surface area contributed by atoms with Gasteiger partial charge in [-0.2, -0.15) is 4.31 Å². The second kappa shape index (κ2) is 6.87. The normalized spacial score (nSPS) is 19.3. The molecule has 1 N–H and O–H groups in total. The van der Waals surface area contributed by atoms with E-state index in [4.69, 9.17) is 4.74 Å². The molecular formula is C15H24N2O3S. The minimum atomic E-state index is -3.47. The van der Waals surface area contributed by atoms with Crippen LogP contribution in [0.1, 0.15) is 24.0 Å². The van der Waals surface area contributed by atoms with Gasteiger partial charge in [-0.25, -0.2) is 8.42 Å². The predicted molar refractivity (Wildman–Crippen MR) is 82.7 cm³/mol. The molecule has 0 bridgehead atoms. The van der Waals surface area contributed by atoms with Crippen LogP contribution in [0.4, 0.5) is 0 Å². The Morgan fingerprint density at radius 3 is 2.81 bits per heavy atom. The number of hydrogen-bond donors (Lipinski definition) is 1. The van der Waals surface area contributed by atoms with Crippen molar-refractivity contribution in [3.8, 4) is 0 Å². The molecule has 6 heteroatoms. The third-order valence-electron chi connectivity index (χ3n) is 3.94. The fourth-order valence-corrected chi connectivity index (χ4v) is 4.13. The molecule has 1 atom stereocenters. The van der Waals surface area contributed by atoms with Gasteiger partial charge >= 0.3 is 0 Å². The lowest BCUT2D eigenvalue weighted by Gasteiger charge is -2.22. The summed E-state index contributed by atoms with van der Waals surface area (Å²) in [5, 5.41) is 3.06. The number of likely N-dealkylation sites (N-methyl/N-ethyl adjacent to an activating group) is 1. The summed E-state index contributed by atoms with van der Waals surface area (Å²) in [6, 6.07) is 5.42. The molecule has 5 nitrogen and oxygen atoms in total. The molecule has 1 aliphatic heterocycles. The van der Waals surface area contributed by atoms with Gasteiger partial charge in [-0.05, 0) is 44.0 Å². The summed E-state index contributed by atoms with van der Waals surface area (Å²) in [5.41, 5.74) is 1.81. The average Bonchev–Trinajstić information content (AvgIpc) is 2.94. The highest BCUT2D eigenvalue weighted by atomic mass is 32.2. The van der Waals surface area contributed by atoms with Crippen molar-refractivity contribution < 1.29 is 13.2 Å². The molecule has 1 aliphatic rings. The fourth-order valence-electron chi connectivity index (χ4n) is 2.66. The van der Waals surface area contributed by atoms with Crippen LogP contribution in [0.5, 0.6) is 0 Å². The molecule has 0 radical (unpaired) electrons. The van der Waals surface area contributed by atoms with Gasteiger partial charge in [0.2, 0.25) is 10.0 Å². The van der Waals surface area contributed by atoms with Crippen molar-refractivity contribution in [2.45, 2.75) is 37.3 Å². The van der Waals surface area contributed by atoms with Gasteiger partial charge < -0.3 is 10.1 Å². The number of ether oxygens (including phenoxy) is 1. The Balaban J connectivity index is 2.23. The molecule has 1 heterocycles. The van der Waals surface area contributed by atoms with Crippen molar-refractivity contribution >= 4 is 10.0 Å². The summed E-state index contributed by atoms with van der Waals surface area (Å²) < 4.78 is 32.4. The lowest BCUT2D eigenvalue weighted by Crippen LogP contribution is -2.34. The van der Waals surface area contributed by atoms with Gasteiger partial charge in [-0.3, -0.25) is 0 Å². The molecule has 0 aromatic heterocycles. The first-order chi connectivity index (χ1) is 9.96. The van der Waals surface area contributed by atoms with E-state index in [-0.39, 0.29) is 6.10 Å². The van der Waals surface area contributed by atoms with Crippen LogP contribution in [0.25, 0.3) is 0 Å². The Morgan fingerprint density at radius 1 is 1.43 bits per heavy atom. The van der Waals surface area contributed by atoms with Crippen LogP contribution >= 0.6 is 0 Å². The van der Waals surface area contributed by atoms with Gasteiger partial charge in [0, 0.05) is 26.7 Å². The first-order valence-electron chi connectivity index (χ1n) is 7.28. The Kier molecular flexibility index (Phi) is 5.37. The first-order valence-corrected chi connectivity index (χ1v) is 8.72. The predicted octanol–water partition coefficient (Wildman–Crippen LogP) is 1.51. The van der Waals surface area contributed by atoms with Crippen molar-refractivity contribution in [2.24, 2.45) is 0 Å². The van der Waals surface area contributed by atoms with Crippen LogP contribution in [-0.2, 0) is 21.3 Å². The van der Waals surface area contributed by atoms with Crippen molar-refractivity contribution in [3.63, 3.8) is 0 Å². The van der Waals surface area contributed by atoms with Gasteiger partial charge in [0.25, 0.3) is 0 Å².